The Hall–Kier alpha value is -1.89. The molecule has 1 N–H and O–H groups in total. The van der Waals surface area contributed by atoms with Crippen LogP contribution in [-0.4, -0.2) is 31.7 Å². The summed E-state index contributed by atoms with van der Waals surface area (Å²) in [7, 11) is -3.52. The van der Waals surface area contributed by atoms with Gasteiger partial charge in [-0.15, -0.1) is 0 Å². The number of rotatable bonds is 6. The van der Waals surface area contributed by atoms with Crippen molar-refractivity contribution in [1.29, 1.82) is 0 Å². The van der Waals surface area contributed by atoms with Crippen LogP contribution in [0.3, 0.4) is 0 Å². The summed E-state index contributed by atoms with van der Waals surface area (Å²) in [6, 6.07) is 16.6. The van der Waals surface area contributed by atoms with E-state index in [-0.39, 0.29) is 24.1 Å². The molecule has 1 atom stereocenters. The second kappa shape index (κ2) is 8.87. The highest BCUT2D eigenvalue weighted by Crippen LogP contribution is 2.24. The Labute approximate surface area is 165 Å². The van der Waals surface area contributed by atoms with Crippen LogP contribution in [-0.2, 0) is 27.1 Å². The molecule has 7 heteroatoms. The number of hydrogen-bond acceptors (Lipinski definition) is 3. The van der Waals surface area contributed by atoms with E-state index in [2.05, 4.69) is 5.32 Å². The van der Waals surface area contributed by atoms with Gasteiger partial charge < -0.3 is 5.32 Å². The SMILES string of the molecule is O=C(NCc1ccccc1)C1CCCN(S(=O)(=O)Cc2ccccc2Cl)C1. The van der Waals surface area contributed by atoms with E-state index in [0.29, 0.717) is 36.5 Å². The molecule has 1 saturated heterocycles. The van der Waals surface area contributed by atoms with Gasteiger partial charge in [0.1, 0.15) is 0 Å². The third kappa shape index (κ3) is 5.31. The molecule has 0 saturated carbocycles. The fourth-order valence-electron chi connectivity index (χ4n) is 3.24. The first-order valence-electron chi connectivity index (χ1n) is 8.98. The van der Waals surface area contributed by atoms with Gasteiger partial charge in [0.2, 0.25) is 15.9 Å². The van der Waals surface area contributed by atoms with Gasteiger partial charge in [0.25, 0.3) is 0 Å². The Morgan fingerprint density at radius 2 is 1.81 bits per heavy atom. The van der Waals surface area contributed by atoms with Crippen molar-refractivity contribution in [2.45, 2.75) is 25.1 Å². The minimum Gasteiger partial charge on any atom is -0.352 e. The molecular weight excluding hydrogens is 384 g/mol. The number of nitrogens with one attached hydrogen (secondary N) is 1. The van der Waals surface area contributed by atoms with Gasteiger partial charge in [0.05, 0.1) is 11.7 Å². The minimum atomic E-state index is -3.52. The summed E-state index contributed by atoms with van der Waals surface area (Å²) < 4.78 is 27.0. The van der Waals surface area contributed by atoms with E-state index in [1.54, 1.807) is 24.3 Å². The van der Waals surface area contributed by atoms with Crippen molar-refractivity contribution < 1.29 is 13.2 Å². The smallest absolute Gasteiger partial charge is 0.224 e. The van der Waals surface area contributed by atoms with Gasteiger partial charge in [-0.05, 0) is 30.0 Å². The second-order valence-corrected chi connectivity index (χ2v) is 9.12. The molecule has 2 aromatic carbocycles. The van der Waals surface area contributed by atoms with E-state index in [9.17, 15) is 13.2 Å². The molecule has 1 aliphatic heterocycles. The van der Waals surface area contributed by atoms with Crippen LogP contribution in [0.15, 0.2) is 54.6 Å². The molecule has 0 aliphatic carbocycles. The number of nitrogens with zero attached hydrogens (tertiary/aromatic N) is 1. The lowest BCUT2D eigenvalue weighted by atomic mass is 9.99. The molecular formula is C20H23ClN2O3S. The average molecular weight is 407 g/mol. The molecule has 5 nitrogen and oxygen atoms in total. The van der Waals surface area contributed by atoms with Crippen LogP contribution in [0.5, 0.6) is 0 Å². The first-order valence-corrected chi connectivity index (χ1v) is 11.0. The van der Waals surface area contributed by atoms with Crippen molar-refractivity contribution in [3.63, 3.8) is 0 Å². The van der Waals surface area contributed by atoms with Crippen molar-refractivity contribution >= 4 is 27.5 Å². The summed E-state index contributed by atoms with van der Waals surface area (Å²) in [4.78, 5) is 12.5. The average Bonchev–Trinajstić information content (AvgIpc) is 2.69. The first-order chi connectivity index (χ1) is 13.0. The van der Waals surface area contributed by atoms with Crippen LogP contribution in [0.2, 0.25) is 5.02 Å². The van der Waals surface area contributed by atoms with Crippen LogP contribution in [0, 0.1) is 5.92 Å². The first kappa shape index (κ1) is 19.9. The number of carbonyl (C=O) groups excluding carboxylic acids is 1. The number of sulfonamides is 1. The number of piperidine rings is 1. The standard InChI is InChI=1S/C20H23ClN2O3S/c21-19-11-5-4-9-18(19)15-27(25,26)23-12-6-10-17(14-23)20(24)22-13-16-7-2-1-3-8-16/h1-5,7-9,11,17H,6,10,12-15H2,(H,22,24). The van der Waals surface area contributed by atoms with Crippen LogP contribution in [0.25, 0.3) is 0 Å². The van der Waals surface area contributed by atoms with Gasteiger partial charge in [0.15, 0.2) is 0 Å². The molecule has 0 spiro atoms. The zero-order valence-electron chi connectivity index (χ0n) is 15.0. The highest BCUT2D eigenvalue weighted by molar-refractivity contribution is 7.88. The summed E-state index contributed by atoms with van der Waals surface area (Å²) >= 11 is 6.10. The Morgan fingerprint density at radius 1 is 1.11 bits per heavy atom. The summed E-state index contributed by atoms with van der Waals surface area (Å²) in [5, 5.41) is 3.36. The van der Waals surface area contributed by atoms with Gasteiger partial charge in [0, 0.05) is 24.7 Å². The van der Waals surface area contributed by atoms with Crippen molar-refractivity contribution in [1.82, 2.24) is 9.62 Å². The summed E-state index contributed by atoms with van der Waals surface area (Å²) in [5.74, 6) is -0.578. The molecule has 0 radical (unpaired) electrons. The molecule has 3 rings (SSSR count). The molecule has 27 heavy (non-hydrogen) atoms. The maximum atomic E-state index is 12.8. The zero-order valence-corrected chi connectivity index (χ0v) is 16.5. The topological polar surface area (TPSA) is 66.5 Å². The maximum absolute atomic E-state index is 12.8. The van der Waals surface area contributed by atoms with E-state index in [1.165, 1.54) is 4.31 Å². The van der Waals surface area contributed by atoms with Gasteiger partial charge in [-0.2, -0.15) is 0 Å². The van der Waals surface area contributed by atoms with Crippen molar-refractivity contribution in [2.75, 3.05) is 13.1 Å². The fourth-order valence-corrected chi connectivity index (χ4v) is 5.17. The van der Waals surface area contributed by atoms with Gasteiger partial charge in [-0.25, -0.2) is 12.7 Å². The van der Waals surface area contributed by atoms with Gasteiger partial charge >= 0.3 is 0 Å². The van der Waals surface area contributed by atoms with Gasteiger partial charge in [-0.3, -0.25) is 4.79 Å². The van der Waals surface area contributed by atoms with Crippen LogP contribution < -0.4 is 5.32 Å². The van der Waals surface area contributed by atoms with Crippen LogP contribution in [0.1, 0.15) is 24.0 Å². The maximum Gasteiger partial charge on any atom is 0.224 e. The normalized spacial score (nSPS) is 18.2. The monoisotopic (exact) mass is 406 g/mol. The van der Waals surface area contributed by atoms with Crippen LogP contribution in [0.4, 0.5) is 0 Å². The second-order valence-electron chi connectivity index (χ2n) is 6.75. The molecule has 1 amide bonds. The lowest BCUT2D eigenvalue weighted by Gasteiger charge is -2.31. The van der Waals surface area contributed by atoms with E-state index >= 15 is 0 Å². The van der Waals surface area contributed by atoms with E-state index < -0.39 is 10.0 Å². The number of benzene rings is 2. The summed E-state index contributed by atoms with van der Waals surface area (Å²) in [6.45, 7) is 1.10. The summed E-state index contributed by atoms with van der Waals surface area (Å²) in [5.41, 5.74) is 1.60. The number of amides is 1. The zero-order chi connectivity index (χ0) is 19.3. The predicted octanol–water partition coefficient (Wildman–Crippen LogP) is 3.20. The summed E-state index contributed by atoms with van der Waals surface area (Å²) in [6.07, 6.45) is 1.36. The largest absolute Gasteiger partial charge is 0.352 e. The predicted molar refractivity (Wildman–Crippen MR) is 107 cm³/mol. The molecule has 1 aliphatic rings. The van der Waals surface area contributed by atoms with Crippen molar-refractivity contribution in [2.24, 2.45) is 5.92 Å². The lowest BCUT2D eigenvalue weighted by molar-refractivity contribution is -0.126. The molecule has 1 unspecified atom stereocenters. The number of halogens is 1. The Morgan fingerprint density at radius 3 is 2.56 bits per heavy atom. The number of carbonyl (C=O) groups is 1. The van der Waals surface area contributed by atoms with Gasteiger partial charge in [-0.1, -0.05) is 60.1 Å². The number of hydrogen-bond donors (Lipinski definition) is 1. The molecule has 1 fully saturated rings. The molecule has 144 valence electrons. The Kier molecular flexibility index (Phi) is 6.52. The highest BCUT2D eigenvalue weighted by Gasteiger charge is 2.32. The van der Waals surface area contributed by atoms with Crippen molar-refractivity contribution in [3.05, 3.63) is 70.7 Å². The minimum absolute atomic E-state index is 0.100. The van der Waals surface area contributed by atoms with Crippen molar-refractivity contribution in [3.8, 4) is 0 Å². The lowest BCUT2D eigenvalue weighted by Crippen LogP contribution is -2.45. The molecule has 2 aromatic rings. The third-order valence-electron chi connectivity index (χ3n) is 4.75. The van der Waals surface area contributed by atoms with E-state index in [4.69, 9.17) is 11.6 Å². The molecule has 0 bridgehead atoms. The van der Waals surface area contributed by atoms with Crippen LogP contribution >= 0.6 is 11.6 Å². The highest BCUT2D eigenvalue weighted by atomic mass is 35.5. The molecule has 1 heterocycles. The van der Waals surface area contributed by atoms with E-state index in [1.807, 2.05) is 30.3 Å². The third-order valence-corrected chi connectivity index (χ3v) is 6.92. The Bertz CT molecular complexity index is 887. The fraction of sp³-hybridized carbons (Fsp3) is 0.350. The Balaban J connectivity index is 1.61. The molecule has 0 aromatic heterocycles. The quantitative estimate of drug-likeness (QED) is 0.801. The van der Waals surface area contributed by atoms with E-state index in [0.717, 1.165) is 5.56 Å².